The molecule has 122 valence electrons. The molecule has 0 spiro atoms. The summed E-state index contributed by atoms with van der Waals surface area (Å²) in [5.74, 6) is -0.112. The number of aryl methyl sites for hydroxylation is 1. The van der Waals surface area contributed by atoms with Crippen molar-refractivity contribution in [2.75, 3.05) is 0 Å². The molecule has 5 heteroatoms. The molecule has 3 rings (SSSR count). The molecule has 0 atom stereocenters. The lowest BCUT2D eigenvalue weighted by molar-refractivity contribution is 0.0993. The van der Waals surface area contributed by atoms with E-state index in [-0.39, 0.29) is 17.1 Å². The first-order chi connectivity index (χ1) is 11.5. The van der Waals surface area contributed by atoms with Crippen LogP contribution in [0.1, 0.15) is 21.5 Å². The molecule has 4 nitrogen and oxygen atoms in total. The van der Waals surface area contributed by atoms with Gasteiger partial charge in [0.15, 0.2) is 5.78 Å². The second-order valence-corrected chi connectivity index (χ2v) is 7.48. The van der Waals surface area contributed by atoms with Crippen molar-refractivity contribution in [2.24, 2.45) is 0 Å². The van der Waals surface area contributed by atoms with E-state index in [0.29, 0.717) is 5.56 Å². The van der Waals surface area contributed by atoms with Gasteiger partial charge >= 0.3 is 0 Å². The zero-order chi connectivity index (χ0) is 17.2. The van der Waals surface area contributed by atoms with Gasteiger partial charge in [-0.15, -0.1) is 0 Å². The fourth-order valence-electron chi connectivity index (χ4n) is 2.41. The summed E-state index contributed by atoms with van der Waals surface area (Å²) in [6, 6.07) is 17.5. The van der Waals surface area contributed by atoms with E-state index < -0.39 is 10.0 Å². The highest BCUT2D eigenvalue weighted by atomic mass is 32.2. The van der Waals surface area contributed by atoms with E-state index in [1.54, 1.807) is 24.3 Å². The number of ketones is 1. The van der Waals surface area contributed by atoms with E-state index in [2.05, 4.69) is 0 Å². The molecule has 2 aromatic carbocycles. The molecule has 0 N–H and O–H groups in total. The van der Waals surface area contributed by atoms with Crippen molar-refractivity contribution in [3.63, 3.8) is 0 Å². The van der Waals surface area contributed by atoms with Crippen LogP contribution in [0.25, 0.3) is 0 Å². The molecule has 24 heavy (non-hydrogen) atoms. The van der Waals surface area contributed by atoms with E-state index in [0.717, 1.165) is 15.1 Å². The first-order valence-electron chi connectivity index (χ1n) is 7.54. The summed E-state index contributed by atoms with van der Waals surface area (Å²) in [5, 5.41) is 0. The summed E-state index contributed by atoms with van der Waals surface area (Å²) in [6.45, 7) is 1.90. The van der Waals surface area contributed by atoms with Crippen molar-refractivity contribution in [1.82, 2.24) is 3.97 Å². The minimum atomic E-state index is -3.68. The van der Waals surface area contributed by atoms with E-state index in [4.69, 9.17) is 0 Å². The molecule has 0 radical (unpaired) electrons. The zero-order valence-corrected chi connectivity index (χ0v) is 14.0. The maximum atomic E-state index is 12.6. The lowest BCUT2D eigenvalue weighted by Gasteiger charge is -2.05. The topological polar surface area (TPSA) is 56.1 Å². The maximum Gasteiger partial charge on any atom is 0.267 e. The monoisotopic (exact) mass is 339 g/mol. The summed E-state index contributed by atoms with van der Waals surface area (Å²) in [7, 11) is -3.68. The van der Waals surface area contributed by atoms with Crippen molar-refractivity contribution in [2.45, 2.75) is 18.2 Å². The molecular weight excluding hydrogens is 322 g/mol. The minimum Gasteiger partial charge on any atom is -0.294 e. The third kappa shape index (κ3) is 3.31. The van der Waals surface area contributed by atoms with Crippen LogP contribution < -0.4 is 0 Å². The zero-order valence-electron chi connectivity index (χ0n) is 13.2. The molecular formula is C19H17NO3S. The normalized spacial score (nSPS) is 11.4. The molecule has 0 amide bonds. The fraction of sp³-hybridized carbons (Fsp3) is 0.105. The number of rotatable bonds is 5. The van der Waals surface area contributed by atoms with Crippen molar-refractivity contribution in [3.8, 4) is 0 Å². The number of Topliss-reactive ketones (excluding diaryl/α,β-unsaturated/α-hetero) is 1. The van der Waals surface area contributed by atoms with Crippen LogP contribution in [0.3, 0.4) is 0 Å². The van der Waals surface area contributed by atoms with Gasteiger partial charge in [-0.2, -0.15) is 0 Å². The Balaban J connectivity index is 1.84. The summed E-state index contributed by atoms with van der Waals surface area (Å²) in [5.41, 5.74) is 2.27. The number of hydrogen-bond acceptors (Lipinski definition) is 3. The van der Waals surface area contributed by atoms with E-state index in [9.17, 15) is 13.2 Å². The van der Waals surface area contributed by atoms with Crippen molar-refractivity contribution < 1.29 is 13.2 Å². The van der Waals surface area contributed by atoms with Crippen LogP contribution in [-0.2, 0) is 16.4 Å². The number of benzene rings is 2. The van der Waals surface area contributed by atoms with Crippen molar-refractivity contribution in [3.05, 3.63) is 89.7 Å². The van der Waals surface area contributed by atoms with Gasteiger partial charge in [0.05, 0.1) is 4.90 Å². The first-order valence-corrected chi connectivity index (χ1v) is 8.98. The van der Waals surface area contributed by atoms with Gasteiger partial charge in [-0.3, -0.25) is 4.79 Å². The molecule has 0 saturated carbocycles. The third-order valence-electron chi connectivity index (χ3n) is 3.79. The molecule has 1 aromatic heterocycles. The number of carbonyl (C=O) groups excluding carboxylic acids is 1. The fourth-order valence-corrected chi connectivity index (χ4v) is 3.60. The largest absolute Gasteiger partial charge is 0.294 e. The van der Waals surface area contributed by atoms with Gasteiger partial charge in [-0.05, 0) is 30.7 Å². The molecule has 0 unspecified atom stereocenters. The van der Waals surface area contributed by atoms with Crippen LogP contribution >= 0.6 is 0 Å². The summed E-state index contributed by atoms with van der Waals surface area (Å²) in [4.78, 5) is 12.5. The van der Waals surface area contributed by atoms with Crippen LogP contribution in [0, 0.1) is 6.92 Å². The third-order valence-corrected chi connectivity index (χ3v) is 5.44. The Morgan fingerprint density at radius 2 is 1.62 bits per heavy atom. The summed E-state index contributed by atoms with van der Waals surface area (Å²) in [6.07, 6.45) is 3.03. The molecule has 1 heterocycles. The summed E-state index contributed by atoms with van der Waals surface area (Å²) < 4.78 is 26.3. The Morgan fingerprint density at radius 3 is 2.29 bits per heavy atom. The lowest BCUT2D eigenvalue weighted by atomic mass is 10.1. The van der Waals surface area contributed by atoms with Gasteiger partial charge in [0, 0.05) is 24.4 Å². The van der Waals surface area contributed by atoms with Crippen LogP contribution in [0.15, 0.2) is 78.0 Å². The average molecular weight is 339 g/mol. The average Bonchev–Trinajstić information content (AvgIpc) is 3.07. The van der Waals surface area contributed by atoms with Gasteiger partial charge in [-0.25, -0.2) is 12.4 Å². The van der Waals surface area contributed by atoms with Gasteiger partial charge in [-0.1, -0.05) is 48.0 Å². The van der Waals surface area contributed by atoms with E-state index >= 15 is 0 Å². The highest BCUT2D eigenvalue weighted by Gasteiger charge is 2.18. The summed E-state index contributed by atoms with van der Waals surface area (Å²) >= 11 is 0. The lowest BCUT2D eigenvalue weighted by Crippen LogP contribution is -2.11. The van der Waals surface area contributed by atoms with Gasteiger partial charge in [0.1, 0.15) is 0 Å². The molecule has 0 bridgehead atoms. The van der Waals surface area contributed by atoms with Crippen molar-refractivity contribution >= 4 is 15.8 Å². The Kier molecular flexibility index (Phi) is 4.36. The molecule has 0 aliphatic carbocycles. The maximum absolute atomic E-state index is 12.6. The highest BCUT2D eigenvalue weighted by molar-refractivity contribution is 7.90. The Morgan fingerprint density at radius 1 is 0.958 bits per heavy atom. The second kappa shape index (κ2) is 6.45. The van der Waals surface area contributed by atoms with Gasteiger partial charge in [0.2, 0.25) is 0 Å². The smallest absolute Gasteiger partial charge is 0.267 e. The molecule has 0 fully saturated rings. The Bertz CT molecular complexity index is 955. The Labute approximate surface area is 141 Å². The van der Waals surface area contributed by atoms with Crippen LogP contribution in [0.2, 0.25) is 0 Å². The Hall–Kier alpha value is -2.66. The first kappa shape index (κ1) is 16.2. The minimum absolute atomic E-state index is 0.112. The quantitative estimate of drug-likeness (QED) is 0.669. The molecule has 0 aliphatic heterocycles. The predicted octanol–water partition coefficient (Wildman–Crippen LogP) is 3.46. The number of carbonyl (C=O) groups is 1. The van der Waals surface area contributed by atoms with Crippen LogP contribution in [-0.4, -0.2) is 18.2 Å². The van der Waals surface area contributed by atoms with E-state index in [1.165, 1.54) is 18.5 Å². The van der Waals surface area contributed by atoms with Gasteiger partial charge < -0.3 is 0 Å². The standard InChI is InChI=1S/C19H17NO3S/c1-15-7-9-18(10-8-15)24(22,23)20-12-11-17(14-20)19(21)13-16-5-3-2-4-6-16/h2-12,14H,13H2,1H3. The van der Waals surface area contributed by atoms with Crippen LogP contribution in [0.5, 0.6) is 0 Å². The van der Waals surface area contributed by atoms with E-state index in [1.807, 2.05) is 37.3 Å². The number of nitrogens with zero attached hydrogens (tertiary/aromatic N) is 1. The van der Waals surface area contributed by atoms with Crippen LogP contribution in [0.4, 0.5) is 0 Å². The highest BCUT2D eigenvalue weighted by Crippen LogP contribution is 2.17. The van der Waals surface area contributed by atoms with Crippen molar-refractivity contribution in [1.29, 1.82) is 0 Å². The number of aromatic nitrogens is 1. The molecule has 0 aliphatic rings. The second-order valence-electron chi connectivity index (χ2n) is 5.63. The number of hydrogen-bond donors (Lipinski definition) is 0. The SMILES string of the molecule is Cc1ccc(S(=O)(=O)n2ccc(C(=O)Cc3ccccc3)c2)cc1. The molecule has 0 saturated heterocycles. The predicted molar refractivity (Wildman–Crippen MR) is 92.7 cm³/mol. The van der Waals surface area contributed by atoms with Gasteiger partial charge in [0.25, 0.3) is 10.0 Å². The molecule has 3 aromatic rings.